The van der Waals surface area contributed by atoms with Crippen molar-refractivity contribution in [3.8, 4) is 0 Å². The summed E-state index contributed by atoms with van der Waals surface area (Å²) in [6, 6.07) is 0. The van der Waals surface area contributed by atoms with Gasteiger partial charge in [-0.15, -0.1) is 0 Å². The minimum Gasteiger partial charge on any atom is -0.324 e. The highest BCUT2D eigenvalue weighted by atomic mass is 32.1. The van der Waals surface area contributed by atoms with Gasteiger partial charge in [0.2, 0.25) is 0 Å². The molecule has 0 atom stereocenters. The van der Waals surface area contributed by atoms with Crippen molar-refractivity contribution in [3.63, 3.8) is 0 Å². The maximum absolute atomic E-state index is 10.5. The van der Waals surface area contributed by atoms with Crippen LogP contribution in [0.5, 0.6) is 0 Å². The Labute approximate surface area is 89.4 Å². The Morgan fingerprint density at radius 2 is 2.07 bits per heavy atom. The Bertz CT molecular complexity index is 219. The Balaban J connectivity index is 3.41. The van der Waals surface area contributed by atoms with Gasteiger partial charge >= 0.3 is 7.60 Å². The largest absolute Gasteiger partial charge is 0.332 e. The topological polar surface area (TPSA) is 81.6 Å². The Kier molecular flexibility index (Phi) is 7.31. The van der Waals surface area contributed by atoms with Crippen molar-refractivity contribution in [1.82, 2.24) is 10.9 Å². The molecular formula is C7H17N2O3PS. The second kappa shape index (κ2) is 7.31. The summed E-state index contributed by atoms with van der Waals surface area (Å²) in [5, 5.41) is 0. The van der Waals surface area contributed by atoms with Crippen molar-refractivity contribution in [1.29, 1.82) is 0 Å². The van der Waals surface area contributed by atoms with E-state index in [1.165, 1.54) is 0 Å². The molecule has 0 unspecified atom stereocenters. The molecule has 0 aliphatic rings. The van der Waals surface area contributed by atoms with Crippen molar-refractivity contribution in [2.24, 2.45) is 0 Å². The lowest BCUT2D eigenvalue weighted by atomic mass is 10.2. The third-order valence-electron chi connectivity index (χ3n) is 1.48. The Hall–Kier alpha value is 0.0000000000000000139. The molecule has 0 fully saturated rings. The summed E-state index contributed by atoms with van der Waals surface area (Å²) in [7, 11) is -4.03. The standard InChI is InChI=1S/C7H17N2O3PS/c1-2-3-4-5-8-9-7(14)6-13(10,11)12/h8H,2-6H2,1H3,(H,9,14)(H2,10,11,12). The summed E-state index contributed by atoms with van der Waals surface area (Å²) < 4.78 is 10.5. The molecule has 0 aromatic carbocycles. The zero-order valence-corrected chi connectivity index (χ0v) is 9.90. The Morgan fingerprint density at radius 1 is 1.43 bits per heavy atom. The van der Waals surface area contributed by atoms with E-state index in [0.717, 1.165) is 25.8 Å². The molecule has 0 saturated heterocycles. The van der Waals surface area contributed by atoms with Gasteiger partial charge in [-0.3, -0.25) is 4.57 Å². The Morgan fingerprint density at radius 3 is 2.57 bits per heavy atom. The molecule has 0 heterocycles. The van der Waals surface area contributed by atoms with E-state index in [4.69, 9.17) is 22.0 Å². The smallest absolute Gasteiger partial charge is 0.324 e. The second-order valence-corrected chi connectivity index (χ2v) is 5.14. The average molecular weight is 240 g/mol. The molecule has 84 valence electrons. The number of hydrogen-bond acceptors (Lipinski definition) is 3. The van der Waals surface area contributed by atoms with Crippen molar-refractivity contribution < 1.29 is 14.4 Å². The number of nitrogens with one attached hydrogen (secondary N) is 2. The molecule has 0 rings (SSSR count). The average Bonchev–Trinajstić information content (AvgIpc) is 2.00. The van der Waals surface area contributed by atoms with E-state index < -0.39 is 13.8 Å². The molecule has 0 amide bonds. The zero-order valence-electron chi connectivity index (χ0n) is 8.19. The van der Waals surface area contributed by atoms with Crippen LogP contribution < -0.4 is 10.9 Å². The van der Waals surface area contributed by atoms with E-state index in [-0.39, 0.29) is 4.99 Å². The van der Waals surface area contributed by atoms with Crippen LogP contribution >= 0.6 is 19.8 Å². The SMILES string of the molecule is CCCCCNNC(=S)CP(=O)(O)O. The van der Waals surface area contributed by atoms with Crippen molar-refractivity contribution in [2.45, 2.75) is 26.2 Å². The molecule has 0 saturated carbocycles. The highest BCUT2D eigenvalue weighted by Gasteiger charge is 2.15. The number of thiocarbonyl (C=S) groups is 1. The van der Waals surface area contributed by atoms with Gasteiger partial charge in [0.05, 0.1) is 0 Å². The first-order valence-corrected chi connectivity index (χ1v) is 6.72. The van der Waals surface area contributed by atoms with Crippen LogP contribution in [0.4, 0.5) is 0 Å². The van der Waals surface area contributed by atoms with Gasteiger partial charge < -0.3 is 15.2 Å². The number of unbranched alkanes of at least 4 members (excludes halogenated alkanes) is 2. The fraction of sp³-hybridized carbons (Fsp3) is 0.857. The molecule has 0 radical (unpaired) electrons. The van der Waals surface area contributed by atoms with Gasteiger partial charge in [-0.05, 0) is 6.42 Å². The van der Waals surface area contributed by atoms with E-state index >= 15 is 0 Å². The summed E-state index contributed by atoms with van der Waals surface area (Å²) in [5.74, 6) is 0. The van der Waals surface area contributed by atoms with Crippen LogP contribution in [-0.2, 0) is 4.57 Å². The van der Waals surface area contributed by atoms with Gasteiger partial charge in [-0.1, -0.05) is 32.0 Å². The van der Waals surface area contributed by atoms with Crippen molar-refractivity contribution in [2.75, 3.05) is 12.7 Å². The third kappa shape index (κ3) is 10.1. The van der Waals surface area contributed by atoms with E-state index in [9.17, 15) is 4.57 Å². The minimum atomic E-state index is -4.03. The van der Waals surface area contributed by atoms with E-state index in [2.05, 4.69) is 17.8 Å². The predicted molar refractivity (Wildman–Crippen MR) is 60.2 cm³/mol. The summed E-state index contributed by atoms with van der Waals surface area (Å²) in [5.41, 5.74) is 5.40. The first-order valence-electron chi connectivity index (χ1n) is 4.52. The first kappa shape index (κ1) is 14.0. The van der Waals surface area contributed by atoms with Crippen LogP contribution in [0, 0.1) is 0 Å². The highest BCUT2D eigenvalue weighted by Crippen LogP contribution is 2.33. The lowest BCUT2D eigenvalue weighted by Crippen LogP contribution is -2.38. The summed E-state index contributed by atoms with van der Waals surface area (Å²) in [4.78, 5) is 17.3. The maximum atomic E-state index is 10.5. The summed E-state index contributed by atoms with van der Waals surface area (Å²) in [6.07, 6.45) is 2.87. The molecule has 0 aromatic rings. The van der Waals surface area contributed by atoms with Gasteiger partial charge in [-0.2, -0.15) is 0 Å². The van der Waals surface area contributed by atoms with Crippen molar-refractivity contribution in [3.05, 3.63) is 0 Å². The number of rotatable bonds is 7. The van der Waals surface area contributed by atoms with Crippen LogP contribution in [0.3, 0.4) is 0 Å². The normalized spacial score (nSPS) is 11.4. The summed E-state index contributed by atoms with van der Waals surface area (Å²) in [6.45, 7) is 2.85. The van der Waals surface area contributed by atoms with Crippen LogP contribution in [0.25, 0.3) is 0 Å². The molecule has 0 aromatic heterocycles. The van der Waals surface area contributed by atoms with Crippen LogP contribution in [0.1, 0.15) is 26.2 Å². The van der Waals surface area contributed by atoms with Crippen molar-refractivity contribution >= 4 is 24.8 Å². The predicted octanol–water partition coefficient (Wildman–Crippen LogP) is 0.776. The second-order valence-electron chi connectivity index (χ2n) is 3.00. The van der Waals surface area contributed by atoms with E-state index in [1.807, 2.05) is 0 Å². The molecule has 0 bridgehead atoms. The molecule has 0 aliphatic heterocycles. The van der Waals surface area contributed by atoms with Gasteiger partial charge in [0.15, 0.2) is 0 Å². The van der Waals surface area contributed by atoms with Crippen LogP contribution in [0.2, 0.25) is 0 Å². The van der Waals surface area contributed by atoms with Crippen LogP contribution in [0.15, 0.2) is 0 Å². The minimum absolute atomic E-state index is 0.148. The van der Waals surface area contributed by atoms with Crippen LogP contribution in [-0.4, -0.2) is 27.5 Å². The lowest BCUT2D eigenvalue weighted by Gasteiger charge is -2.09. The summed E-state index contributed by atoms with van der Waals surface area (Å²) >= 11 is 4.71. The van der Waals surface area contributed by atoms with Gasteiger partial charge in [-0.25, -0.2) is 5.43 Å². The van der Waals surface area contributed by atoms with E-state index in [0.29, 0.717) is 0 Å². The maximum Gasteiger partial charge on any atom is 0.332 e. The van der Waals surface area contributed by atoms with E-state index in [1.54, 1.807) is 0 Å². The molecule has 7 heteroatoms. The third-order valence-corrected chi connectivity index (χ3v) is 2.67. The first-order chi connectivity index (χ1) is 6.45. The molecule has 4 N–H and O–H groups in total. The fourth-order valence-electron chi connectivity index (χ4n) is 0.851. The molecule has 0 aliphatic carbocycles. The monoisotopic (exact) mass is 240 g/mol. The molecule has 0 spiro atoms. The molecular weight excluding hydrogens is 223 g/mol. The van der Waals surface area contributed by atoms with Gasteiger partial charge in [0.25, 0.3) is 0 Å². The molecule has 14 heavy (non-hydrogen) atoms. The number of hydrogen-bond donors (Lipinski definition) is 4. The quantitative estimate of drug-likeness (QED) is 0.228. The number of hydrazine groups is 1. The highest BCUT2D eigenvalue weighted by molar-refractivity contribution is 7.81. The lowest BCUT2D eigenvalue weighted by molar-refractivity contribution is 0.378. The van der Waals surface area contributed by atoms with Gasteiger partial charge in [0, 0.05) is 6.54 Å². The molecule has 5 nitrogen and oxygen atoms in total. The zero-order chi connectivity index (χ0) is 11.0. The van der Waals surface area contributed by atoms with Gasteiger partial charge in [0.1, 0.15) is 11.2 Å². The fourth-order valence-corrected chi connectivity index (χ4v) is 1.88.